The van der Waals surface area contributed by atoms with Crippen LogP contribution in [-0.4, -0.2) is 36.8 Å². The van der Waals surface area contributed by atoms with Gasteiger partial charge in [0.05, 0.1) is 32.7 Å². The number of nitrogens with zero attached hydrogens (tertiary/aromatic N) is 2. The number of hydrogen-bond acceptors (Lipinski definition) is 5. The van der Waals surface area contributed by atoms with Crippen molar-refractivity contribution in [3.05, 3.63) is 60.0 Å². The van der Waals surface area contributed by atoms with Crippen molar-refractivity contribution in [3.63, 3.8) is 0 Å². The minimum absolute atomic E-state index is 0.0716. The van der Waals surface area contributed by atoms with E-state index in [9.17, 15) is 4.79 Å². The van der Waals surface area contributed by atoms with Crippen LogP contribution in [0.5, 0.6) is 17.2 Å². The summed E-state index contributed by atoms with van der Waals surface area (Å²) in [6.45, 7) is 0. The van der Waals surface area contributed by atoms with Crippen LogP contribution in [0.15, 0.2) is 48.8 Å². The molecule has 0 aliphatic carbocycles. The van der Waals surface area contributed by atoms with Crippen molar-refractivity contribution >= 4 is 11.7 Å². The summed E-state index contributed by atoms with van der Waals surface area (Å²) in [6.07, 6.45) is 2.01. The first-order valence-corrected chi connectivity index (χ1v) is 8.88. The monoisotopic (exact) mass is 379 g/mol. The van der Waals surface area contributed by atoms with Gasteiger partial charge in [-0.05, 0) is 18.2 Å². The molecule has 0 unspecified atom stereocenters. The van der Waals surface area contributed by atoms with Gasteiger partial charge < -0.3 is 19.5 Å². The standard InChI is InChI=1S/C21H21N3O4/c1-26-13-8-9-16(18(10-13)28-3)24-12-22-20-15(11-19(25)23-21(20)24)14-6-4-5-7-17(14)27-2/h4-10,12,15H,11H2,1-3H3,(H,23,25)/t15-/m0/s1. The number of nitrogens with one attached hydrogen (secondary N) is 1. The van der Waals surface area contributed by atoms with Crippen molar-refractivity contribution < 1.29 is 19.0 Å². The number of para-hydroxylation sites is 1. The van der Waals surface area contributed by atoms with Crippen molar-refractivity contribution in [2.24, 2.45) is 0 Å². The fraction of sp³-hybridized carbons (Fsp3) is 0.238. The summed E-state index contributed by atoms with van der Waals surface area (Å²) < 4.78 is 18.1. The number of rotatable bonds is 5. The molecule has 0 saturated carbocycles. The van der Waals surface area contributed by atoms with E-state index in [4.69, 9.17) is 14.2 Å². The lowest BCUT2D eigenvalue weighted by Gasteiger charge is -2.25. The zero-order valence-electron chi connectivity index (χ0n) is 15.9. The third-order valence-corrected chi connectivity index (χ3v) is 4.93. The van der Waals surface area contributed by atoms with E-state index in [0.717, 1.165) is 22.7 Å². The molecule has 1 aromatic heterocycles. The highest BCUT2D eigenvalue weighted by molar-refractivity contribution is 5.94. The Morgan fingerprint density at radius 2 is 1.82 bits per heavy atom. The molecule has 2 aromatic carbocycles. The van der Waals surface area contributed by atoms with Crippen LogP contribution >= 0.6 is 0 Å². The summed E-state index contributed by atoms with van der Waals surface area (Å²) in [6, 6.07) is 13.2. The van der Waals surface area contributed by atoms with Crippen molar-refractivity contribution in [1.82, 2.24) is 9.55 Å². The van der Waals surface area contributed by atoms with E-state index in [1.165, 1.54) is 0 Å². The van der Waals surface area contributed by atoms with Crippen molar-refractivity contribution in [2.45, 2.75) is 12.3 Å². The van der Waals surface area contributed by atoms with E-state index >= 15 is 0 Å². The predicted octanol–water partition coefficient (Wildman–Crippen LogP) is 3.37. The van der Waals surface area contributed by atoms with Gasteiger partial charge in [-0.25, -0.2) is 4.98 Å². The second-order valence-corrected chi connectivity index (χ2v) is 6.43. The Balaban J connectivity index is 1.84. The molecule has 0 spiro atoms. The fourth-order valence-electron chi connectivity index (χ4n) is 3.58. The van der Waals surface area contributed by atoms with E-state index in [2.05, 4.69) is 10.3 Å². The molecule has 28 heavy (non-hydrogen) atoms. The van der Waals surface area contributed by atoms with Gasteiger partial charge >= 0.3 is 0 Å². The zero-order chi connectivity index (χ0) is 19.7. The molecule has 1 N–H and O–H groups in total. The number of carbonyl (C=O) groups is 1. The summed E-state index contributed by atoms with van der Waals surface area (Å²) in [4.78, 5) is 17.1. The van der Waals surface area contributed by atoms with Gasteiger partial charge in [0.2, 0.25) is 5.91 Å². The largest absolute Gasteiger partial charge is 0.497 e. The average molecular weight is 379 g/mol. The lowest BCUT2D eigenvalue weighted by atomic mass is 9.89. The summed E-state index contributed by atoms with van der Waals surface area (Å²) in [5.74, 6) is 2.42. The van der Waals surface area contributed by atoms with Gasteiger partial charge in [0.1, 0.15) is 29.4 Å². The summed E-state index contributed by atoms with van der Waals surface area (Å²) >= 11 is 0. The van der Waals surface area contributed by atoms with Gasteiger partial charge in [-0.1, -0.05) is 18.2 Å². The quantitative estimate of drug-likeness (QED) is 0.736. The van der Waals surface area contributed by atoms with E-state index in [-0.39, 0.29) is 11.8 Å². The van der Waals surface area contributed by atoms with Gasteiger partial charge in [-0.2, -0.15) is 0 Å². The Hall–Kier alpha value is -3.48. The molecule has 144 valence electrons. The molecular formula is C21H21N3O4. The molecule has 0 bridgehead atoms. The molecule has 0 radical (unpaired) electrons. The SMILES string of the molecule is COc1ccc(-n2cnc3c2NC(=O)C[C@H]3c2ccccc2OC)c(OC)c1. The maximum Gasteiger partial charge on any atom is 0.226 e. The molecule has 4 rings (SSSR count). The van der Waals surface area contributed by atoms with Crippen LogP contribution < -0.4 is 19.5 Å². The number of anilines is 1. The Morgan fingerprint density at radius 3 is 2.57 bits per heavy atom. The number of amides is 1. The molecule has 1 amide bonds. The molecule has 1 atom stereocenters. The third-order valence-electron chi connectivity index (χ3n) is 4.93. The maximum absolute atomic E-state index is 12.5. The summed E-state index contributed by atoms with van der Waals surface area (Å²) in [7, 11) is 4.83. The Labute approximate surface area is 162 Å². The highest BCUT2D eigenvalue weighted by Gasteiger charge is 2.33. The number of imidazole rings is 1. The van der Waals surface area contributed by atoms with Gasteiger partial charge in [-0.3, -0.25) is 9.36 Å². The van der Waals surface area contributed by atoms with Crippen LogP contribution in [0.1, 0.15) is 23.6 Å². The minimum atomic E-state index is -0.189. The van der Waals surface area contributed by atoms with Crippen LogP contribution in [0, 0.1) is 0 Å². The Morgan fingerprint density at radius 1 is 1.04 bits per heavy atom. The predicted molar refractivity (Wildman–Crippen MR) is 105 cm³/mol. The maximum atomic E-state index is 12.5. The molecule has 1 aliphatic heterocycles. The number of benzene rings is 2. The molecule has 1 aliphatic rings. The van der Waals surface area contributed by atoms with Crippen LogP contribution in [-0.2, 0) is 4.79 Å². The van der Waals surface area contributed by atoms with Gasteiger partial charge in [0, 0.05) is 24.0 Å². The Bertz CT molecular complexity index is 1030. The molecule has 3 aromatic rings. The van der Waals surface area contributed by atoms with Crippen LogP contribution in [0.4, 0.5) is 5.82 Å². The molecule has 0 saturated heterocycles. The zero-order valence-corrected chi connectivity index (χ0v) is 15.9. The van der Waals surface area contributed by atoms with E-state index in [0.29, 0.717) is 23.7 Å². The van der Waals surface area contributed by atoms with E-state index in [1.807, 2.05) is 41.0 Å². The Kier molecular flexibility index (Phi) is 4.65. The summed E-state index contributed by atoms with van der Waals surface area (Å²) in [5, 5.41) is 2.96. The van der Waals surface area contributed by atoms with Gasteiger partial charge in [0.15, 0.2) is 0 Å². The van der Waals surface area contributed by atoms with Crippen molar-refractivity contribution in [2.75, 3.05) is 26.6 Å². The molecule has 2 heterocycles. The van der Waals surface area contributed by atoms with E-state index in [1.54, 1.807) is 33.7 Å². The average Bonchev–Trinajstić information content (AvgIpc) is 3.16. The summed E-state index contributed by atoms with van der Waals surface area (Å²) in [5.41, 5.74) is 2.49. The molecule has 0 fully saturated rings. The number of ether oxygens (including phenoxy) is 3. The van der Waals surface area contributed by atoms with Crippen LogP contribution in [0.3, 0.4) is 0 Å². The van der Waals surface area contributed by atoms with Gasteiger partial charge in [-0.15, -0.1) is 0 Å². The van der Waals surface area contributed by atoms with Crippen molar-refractivity contribution in [3.8, 4) is 22.9 Å². The highest BCUT2D eigenvalue weighted by atomic mass is 16.5. The first kappa shape index (κ1) is 17.9. The first-order chi connectivity index (χ1) is 13.7. The highest BCUT2D eigenvalue weighted by Crippen LogP contribution is 2.41. The number of carbonyl (C=O) groups excluding carboxylic acids is 1. The third kappa shape index (κ3) is 2.94. The smallest absolute Gasteiger partial charge is 0.226 e. The topological polar surface area (TPSA) is 74.6 Å². The molecule has 7 nitrogen and oxygen atoms in total. The molecule has 7 heteroatoms. The molecular weight excluding hydrogens is 358 g/mol. The lowest BCUT2D eigenvalue weighted by molar-refractivity contribution is -0.116. The number of fused-ring (bicyclic) bond motifs is 1. The van der Waals surface area contributed by atoms with E-state index < -0.39 is 0 Å². The second-order valence-electron chi connectivity index (χ2n) is 6.43. The van der Waals surface area contributed by atoms with Crippen molar-refractivity contribution in [1.29, 1.82) is 0 Å². The lowest BCUT2D eigenvalue weighted by Crippen LogP contribution is -2.25. The van der Waals surface area contributed by atoms with Gasteiger partial charge in [0.25, 0.3) is 0 Å². The fourth-order valence-corrected chi connectivity index (χ4v) is 3.58. The number of aromatic nitrogens is 2. The normalized spacial score (nSPS) is 15.5. The number of hydrogen-bond donors (Lipinski definition) is 1. The van der Waals surface area contributed by atoms with Crippen LogP contribution in [0.2, 0.25) is 0 Å². The van der Waals surface area contributed by atoms with Crippen LogP contribution in [0.25, 0.3) is 5.69 Å². The number of methoxy groups -OCH3 is 3. The first-order valence-electron chi connectivity index (χ1n) is 8.88. The second kappa shape index (κ2) is 7.26. The minimum Gasteiger partial charge on any atom is -0.497 e.